The molecule has 146 valence electrons. The minimum Gasteiger partial charge on any atom is -0.496 e. The molecular weight excluding hydrogens is 400 g/mol. The predicted octanol–water partition coefficient (Wildman–Crippen LogP) is 3.88. The Morgan fingerprint density at radius 1 is 1.14 bits per heavy atom. The zero-order chi connectivity index (χ0) is 20.1. The maximum absolute atomic E-state index is 12.3. The first kappa shape index (κ1) is 20.0. The van der Waals surface area contributed by atoms with Gasteiger partial charge >= 0.3 is 0 Å². The van der Waals surface area contributed by atoms with E-state index in [2.05, 4.69) is 15.5 Å². The maximum atomic E-state index is 12.3. The van der Waals surface area contributed by atoms with Crippen LogP contribution in [0, 0.1) is 0 Å². The summed E-state index contributed by atoms with van der Waals surface area (Å²) in [6.45, 7) is 0. The Morgan fingerprint density at radius 3 is 2.61 bits per heavy atom. The van der Waals surface area contributed by atoms with Crippen LogP contribution in [0.4, 0.5) is 5.69 Å². The van der Waals surface area contributed by atoms with Crippen LogP contribution in [0.15, 0.2) is 47.6 Å². The number of thioether (sulfide) groups is 1. The second-order valence-electron chi connectivity index (χ2n) is 5.75. The van der Waals surface area contributed by atoms with Crippen molar-refractivity contribution in [1.29, 1.82) is 0 Å². The van der Waals surface area contributed by atoms with Gasteiger partial charge in [-0.05, 0) is 30.3 Å². The number of methoxy groups -OCH3 is 2. The summed E-state index contributed by atoms with van der Waals surface area (Å²) >= 11 is 7.37. The first-order valence-corrected chi connectivity index (χ1v) is 9.68. The van der Waals surface area contributed by atoms with Gasteiger partial charge in [0.15, 0.2) is 11.0 Å². The summed E-state index contributed by atoms with van der Waals surface area (Å²) in [5.74, 6) is 1.94. The summed E-state index contributed by atoms with van der Waals surface area (Å²) in [7, 11) is 5.00. The Kier molecular flexibility index (Phi) is 6.43. The van der Waals surface area contributed by atoms with Crippen LogP contribution in [0.2, 0.25) is 5.02 Å². The van der Waals surface area contributed by atoms with Gasteiger partial charge in [-0.1, -0.05) is 35.5 Å². The third-order valence-corrected chi connectivity index (χ3v) is 5.27. The lowest BCUT2D eigenvalue weighted by Crippen LogP contribution is -2.14. The third-order valence-electron chi connectivity index (χ3n) is 3.95. The quantitative estimate of drug-likeness (QED) is 0.586. The maximum Gasteiger partial charge on any atom is 0.234 e. The molecule has 1 amide bonds. The number of aromatic nitrogens is 3. The molecule has 0 saturated heterocycles. The van der Waals surface area contributed by atoms with Crippen LogP contribution < -0.4 is 14.8 Å². The Balaban J connectivity index is 1.66. The van der Waals surface area contributed by atoms with Crippen LogP contribution in [0.1, 0.15) is 0 Å². The number of hydrogen-bond acceptors (Lipinski definition) is 6. The lowest BCUT2D eigenvalue weighted by Gasteiger charge is -2.09. The van der Waals surface area contributed by atoms with Crippen molar-refractivity contribution in [2.75, 3.05) is 25.3 Å². The van der Waals surface area contributed by atoms with Crippen molar-refractivity contribution < 1.29 is 14.3 Å². The van der Waals surface area contributed by atoms with Crippen molar-refractivity contribution in [3.63, 3.8) is 0 Å². The van der Waals surface area contributed by atoms with Crippen molar-refractivity contribution in [3.8, 4) is 22.9 Å². The Hall–Kier alpha value is -2.71. The Labute approximate surface area is 172 Å². The summed E-state index contributed by atoms with van der Waals surface area (Å²) in [5.41, 5.74) is 1.44. The SMILES string of the molecule is COc1ccc(NC(=O)CSc2nnc(-c3ccccc3OC)n2C)cc1Cl. The molecule has 3 rings (SSSR count). The van der Waals surface area contributed by atoms with E-state index >= 15 is 0 Å². The molecule has 28 heavy (non-hydrogen) atoms. The molecule has 1 aromatic heterocycles. The number of benzene rings is 2. The molecule has 2 aromatic carbocycles. The second-order valence-corrected chi connectivity index (χ2v) is 7.10. The van der Waals surface area contributed by atoms with E-state index in [-0.39, 0.29) is 11.7 Å². The minimum absolute atomic E-state index is 0.173. The normalized spacial score (nSPS) is 10.6. The highest BCUT2D eigenvalue weighted by molar-refractivity contribution is 7.99. The number of halogens is 1. The van der Waals surface area contributed by atoms with E-state index in [0.717, 1.165) is 5.56 Å². The average Bonchev–Trinajstić information content (AvgIpc) is 3.06. The Bertz CT molecular complexity index is 993. The lowest BCUT2D eigenvalue weighted by molar-refractivity contribution is -0.113. The standard InChI is InChI=1S/C19H19ClN4O3S/c1-24-18(13-6-4-5-7-15(13)26-2)22-23-19(24)28-11-17(25)21-12-8-9-16(27-3)14(20)10-12/h4-10H,11H2,1-3H3,(H,21,25). The molecule has 3 aromatic rings. The fourth-order valence-electron chi connectivity index (χ4n) is 2.58. The summed E-state index contributed by atoms with van der Waals surface area (Å²) in [6.07, 6.45) is 0. The monoisotopic (exact) mass is 418 g/mol. The molecule has 0 radical (unpaired) electrons. The van der Waals surface area contributed by atoms with Crippen LogP contribution in [-0.2, 0) is 11.8 Å². The predicted molar refractivity (Wildman–Crippen MR) is 110 cm³/mol. The molecule has 0 atom stereocenters. The number of amides is 1. The van der Waals surface area contributed by atoms with Gasteiger partial charge in [0.05, 0.1) is 30.6 Å². The van der Waals surface area contributed by atoms with E-state index in [1.54, 1.807) is 25.3 Å². The number of carbonyl (C=O) groups excluding carboxylic acids is 1. The third kappa shape index (κ3) is 4.40. The molecule has 7 nitrogen and oxygen atoms in total. The van der Waals surface area contributed by atoms with Crippen molar-refractivity contribution >= 4 is 35.0 Å². The molecule has 0 bridgehead atoms. The topological polar surface area (TPSA) is 78.3 Å². The number of ether oxygens (including phenoxy) is 2. The minimum atomic E-state index is -0.173. The van der Waals surface area contributed by atoms with Crippen LogP contribution in [-0.4, -0.2) is 40.6 Å². The van der Waals surface area contributed by atoms with Gasteiger partial charge in [-0.15, -0.1) is 10.2 Å². The molecule has 0 aliphatic heterocycles. The van der Waals surface area contributed by atoms with Gasteiger partial charge in [0.25, 0.3) is 0 Å². The van der Waals surface area contributed by atoms with Gasteiger partial charge in [-0.2, -0.15) is 0 Å². The van der Waals surface area contributed by atoms with Crippen molar-refractivity contribution in [2.24, 2.45) is 7.05 Å². The zero-order valence-corrected chi connectivity index (χ0v) is 17.2. The van der Waals surface area contributed by atoms with Gasteiger partial charge < -0.3 is 19.4 Å². The molecule has 0 fully saturated rings. The number of anilines is 1. The van der Waals surface area contributed by atoms with E-state index in [9.17, 15) is 4.79 Å². The van der Waals surface area contributed by atoms with Crippen molar-refractivity contribution in [1.82, 2.24) is 14.8 Å². The Morgan fingerprint density at radius 2 is 1.89 bits per heavy atom. The van der Waals surface area contributed by atoms with Crippen LogP contribution >= 0.6 is 23.4 Å². The molecule has 9 heteroatoms. The molecule has 1 heterocycles. The number of carbonyl (C=O) groups is 1. The largest absolute Gasteiger partial charge is 0.496 e. The molecule has 0 aliphatic carbocycles. The number of rotatable bonds is 7. The highest BCUT2D eigenvalue weighted by Crippen LogP contribution is 2.30. The highest BCUT2D eigenvalue weighted by Gasteiger charge is 2.16. The lowest BCUT2D eigenvalue weighted by atomic mass is 10.2. The van der Waals surface area contributed by atoms with E-state index in [1.807, 2.05) is 35.9 Å². The van der Waals surface area contributed by atoms with E-state index in [4.69, 9.17) is 21.1 Å². The van der Waals surface area contributed by atoms with Crippen LogP contribution in [0.3, 0.4) is 0 Å². The number of nitrogens with one attached hydrogen (secondary N) is 1. The van der Waals surface area contributed by atoms with Gasteiger partial charge in [0, 0.05) is 12.7 Å². The van der Waals surface area contributed by atoms with Gasteiger partial charge in [0.2, 0.25) is 5.91 Å². The first-order chi connectivity index (χ1) is 13.5. The fourth-order valence-corrected chi connectivity index (χ4v) is 3.54. The smallest absolute Gasteiger partial charge is 0.234 e. The average molecular weight is 419 g/mol. The second kappa shape index (κ2) is 8.99. The fraction of sp³-hybridized carbons (Fsp3) is 0.211. The molecular formula is C19H19ClN4O3S. The van der Waals surface area contributed by atoms with Gasteiger partial charge in [-0.25, -0.2) is 0 Å². The van der Waals surface area contributed by atoms with Crippen molar-refractivity contribution in [3.05, 3.63) is 47.5 Å². The summed E-state index contributed by atoms with van der Waals surface area (Å²) in [4.78, 5) is 12.3. The number of para-hydroxylation sites is 1. The summed E-state index contributed by atoms with van der Waals surface area (Å²) in [6, 6.07) is 12.7. The number of hydrogen-bond donors (Lipinski definition) is 1. The van der Waals surface area contributed by atoms with Crippen LogP contribution in [0.25, 0.3) is 11.4 Å². The van der Waals surface area contributed by atoms with Crippen molar-refractivity contribution in [2.45, 2.75) is 5.16 Å². The molecule has 0 spiro atoms. The summed E-state index contributed by atoms with van der Waals surface area (Å²) in [5, 5.41) is 12.3. The van der Waals surface area contributed by atoms with Gasteiger partial charge in [-0.3, -0.25) is 4.79 Å². The highest BCUT2D eigenvalue weighted by atomic mass is 35.5. The molecule has 0 aliphatic rings. The first-order valence-electron chi connectivity index (χ1n) is 8.32. The molecule has 0 saturated carbocycles. The van der Waals surface area contributed by atoms with E-state index < -0.39 is 0 Å². The van der Waals surface area contributed by atoms with Crippen LogP contribution in [0.5, 0.6) is 11.5 Å². The number of nitrogens with zero attached hydrogens (tertiary/aromatic N) is 3. The molecule has 1 N–H and O–H groups in total. The van der Waals surface area contributed by atoms with Gasteiger partial charge in [0.1, 0.15) is 11.5 Å². The summed E-state index contributed by atoms with van der Waals surface area (Å²) < 4.78 is 12.3. The van der Waals surface area contributed by atoms with E-state index in [1.165, 1.54) is 18.9 Å². The van der Waals surface area contributed by atoms with E-state index in [0.29, 0.717) is 33.2 Å². The molecule has 0 unspecified atom stereocenters. The zero-order valence-electron chi connectivity index (χ0n) is 15.6.